The first-order chi connectivity index (χ1) is 11.6. The lowest BCUT2D eigenvalue weighted by Crippen LogP contribution is -2.22. The van der Waals surface area contributed by atoms with Crippen molar-refractivity contribution in [1.82, 2.24) is 0 Å². The molecule has 1 aliphatic rings. The van der Waals surface area contributed by atoms with Crippen molar-refractivity contribution in [2.24, 2.45) is 11.5 Å². The highest BCUT2D eigenvalue weighted by atomic mass is 16.4. The van der Waals surface area contributed by atoms with Gasteiger partial charge in [-0.2, -0.15) is 0 Å². The molecule has 1 fully saturated rings. The number of carbonyl (C=O) groups excluding carboxylic acids is 1. The van der Waals surface area contributed by atoms with Gasteiger partial charge in [-0.1, -0.05) is 55.7 Å². The van der Waals surface area contributed by atoms with Crippen molar-refractivity contribution in [3.8, 4) is 0 Å². The molecular formula is C19H26N2O3. The zero-order chi connectivity index (χ0) is 17.8. The van der Waals surface area contributed by atoms with Crippen molar-refractivity contribution >= 4 is 23.0 Å². The zero-order valence-electron chi connectivity index (χ0n) is 13.9. The molecule has 2 aromatic rings. The first kappa shape index (κ1) is 19.8. The van der Waals surface area contributed by atoms with E-state index in [9.17, 15) is 9.59 Å². The summed E-state index contributed by atoms with van der Waals surface area (Å²) in [4.78, 5) is 19.7. The molecule has 130 valence electrons. The van der Waals surface area contributed by atoms with Gasteiger partial charge in [-0.3, -0.25) is 9.59 Å². The third-order valence-electron chi connectivity index (χ3n) is 3.73. The first-order valence-corrected chi connectivity index (χ1v) is 8.18. The maximum absolute atomic E-state index is 10.5. The van der Waals surface area contributed by atoms with Gasteiger partial charge < -0.3 is 16.6 Å². The van der Waals surface area contributed by atoms with Crippen molar-refractivity contribution < 1.29 is 14.7 Å². The standard InChI is InChI=1S/C11H8O.C6H13N.C2H5NO2/c12-8-9-5-6-10-3-1-2-4-11(10)7-9;7-6-4-2-1-3-5-6;3-1-2(4)5/h1-8H;6H,1-5,7H2;1,3H2,(H,4,5). The van der Waals surface area contributed by atoms with Crippen LogP contribution in [0.3, 0.4) is 0 Å². The molecular weight excluding hydrogens is 304 g/mol. The normalized spacial score (nSPS) is 13.9. The lowest BCUT2D eigenvalue weighted by Gasteiger charge is -2.15. The molecule has 0 amide bonds. The van der Waals surface area contributed by atoms with Gasteiger partial charge in [0, 0.05) is 11.6 Å². The maximum atomic E-state index is 10.5. The summed E-state index contributed by atoms with van der Waals surface area (Å²) in [6.45, 7) is -0.278. The van der Waals surface area contributed by atoms with E-state index in [2.05, 4.69) is 5.73 Å². The van der Waals surface area contributed by atoms with Crippen molar-refractivity contribution in [2.45, 2.75) is 38.1 Å². The Kier molecular flexibility index (Phi) is 9.34. The van der Waals surface area contributed by atoms with Gasteiger partial charge >= 0.3 is 5.97 Å². The molecule has 5 N–H and O–H groups in total. The van der Waals surface area contributed by atoms with Crippen LogP contribution in [0.5, 0.6) is 0 Å². The van der Waals surface area contributed by atoms with Crippen LogP contribution in [0.2, 0.25) is 0 Å². The van der Waals surface area contributed by atoms with Gasteiger partial charge in [0.25, 0.3) is 0 Å². The van der Waals surface area contributed by atoms with Gasteiger partial charge in [0.05, 0.1) is 6.54 Å². The van der Waals surface area contributed by atoms with Gasteiger partial charge in [0.15, 0.2) is 0 Å². The van der Waals surface area contributed by atoms with Crippen LogP contribution in [0.1, 0.15) is 42.5 Å². The zero-order valence-corrected chi connectivity index (χ0v) is 13.9. The summed E-state index contributed by atoms with van der Waals surface area (Å²) in [5.74, 6) is -0.968. The first-order valence-electron chi connectivity index (χ1n) is 8.18. The van der Waals surface area contributed by atoms with Crippen molar-refractivity contribution in [3.05, 3.63) is 48.0 Å². The molecule has 1 aliphatic carbocycles. The van der Waals surface area contributed by atoms with E-state index in [1.807, 2.05) is 42.5 Å². The van der Waals surface area contributed by atoms with Crippen LogP contribution in [0.25, 0.3) is 10.8 Å². The fourth-order valence-electron chi connectivity index (χ4n) is 2.42. The number of carboxylic acid groups (broad SMARTS) is 1. The average Bonchev–Trinajstić information content (AvgIpc) is 2.63. The van der Waals surface area contributed by atoms with Crippen molar-refractivity contribution in [3.63, 3.8) is 0 Å². The van der Waals surface area contributed by atoms with Gasteiger partial charge in [-0.15, -0.1) is 0 Å². The Balaban J connectivity index is 0.000000205. The molecule has 2 aromatic carbocycles. The van der Waals surface area contributed by atoms with E-state index in [0.29, 0.717) is 6.04 Å². The van der Waals surface area contributed by atoms with Gasteiger partial charge in [-0.05, 0) is 29.7 Å². The third kappa shape index (κ3) is 7.85. The Morgan fingerprint density at radius 3 is 2.12 bits per heavy atom. The topological polar surface area (TPSA) is 106 Å². The number of fused-ring (bicyclic) bond motifs is 1. The molecule has 5 heteroatoms. The minimum absolute atomic E-state index is 0.278. The quantitative estimate of drug-likeness (QED) is 0.734. The number of benzene rings is 2. The maximum Gasteiger partial charge on any atom is 0.317 e. The molecule has 24 heavy (non-hydrogen) atoms. The van der Waals surface area contributed by atoms with Crippen LogP contribution >= 0.6 is 0 Å². The number of hydrogen-bond donors (Lipinski definition) is 3. The predicted octanol–water partition coefficient (Wildman–Crippen LogP) is 2.96. The Bertz CT molecular complexity index is 637. The smallest absolute Gasteiger partial charge is 0.317 e. The summed E-state index contributed by atoms with van der Waals surface area (Å²) >= 11 is 0. The molecule has 0 heterocycles. The van der Waals surface area contributed by atoms with Crippen LogP contribution in [0.4, 0.5) is 0 Å². The van der Waals surface area contributed by atoms with Crippen LogP contribution in [-0.2, 0) is 4.79 Å². The van der Waals surface area contributed by atoms with Gasteiger partial charge in [0.2, 0.25) is 0 Å². The van der Waals surface area contributed by atoms with E-state index in [1.54, 1.807) is 0 Å². The summed E-state index contributed by atoms with van der Waals surface area (Å²) in [7, 11) is 0. The molecule has 3 rings (SSSR count). The molecule has 0 bridgehead atoms. The van der Waals surface area contributed by atoms with E-state index >= 15 is 0 Å². The molecule has 5 nitrogen and oxygen atoms in total. The Hall–Kier alpha value is -2.24. The van der Waals surface area contributed by atoms with Crippen molar-refractivity contribution in [1.29, 1.82) is 0 Å². The minimum atomic E-state index is -0.968. The molecule has 0 atom stereocenters. The summed E-state index contributed by atoms with van der Waals surface area (Å²) < 4.78 is 0. The molecule has 0 saturated heterocycles. The molecule has 0 radical (unpaired) electrons. The number of nitrogens with two attached hydrogens (primary N) is 2. The predicted molar refractivity (Wildman–Crippen MR) is 97.1 cm³/mol. The van der Waals surface area contributed by atoms with Crippen molar-refractivity contribution in [2.75, 3.05) is 6.54 Å². The van der Waals surface area contributed by atoms with Crippen LogP contribution in [-0.4, -0.2) is 29.9 Å². The summed E-state index contributed by atoms with van der Waals surface area (Å²) in [5, 5.41) is 9.88. The van der Waals surface area contributed by atoms with E-state index in [1.165, 1.54) is 37.5 Å². The molecule has 0 spiro atoms. The number of aldehydes is 1. The van der Waals surface area contributed by atoms with Gasteiger partial charge in [0.1, 0.15) is 6.29 Å². The number of hydrogen-bond acceptors (Lipinski definition) is 4. The number of aliphatic carboxylic acids is 1. The van der Waals surface area contributed by atoms with Crippen LogP contribution < -0.4 is 11.5 Å². The molecule has 0 unspecified atom stereocenters. The molecule has 0 aliphatic heterocycles. The highest BCUT2D eigenvalue weighted by Crippen LogP contribution is 2.15. The molecule has 1 saturated carbocycles. The fraction of sp³-hybridized carbons (Fsp3) is 0.368. The lowest BCUT2D eigenvalue weighted by atomic mass is 9.97. The fourth-order valence-corrected chi connectivity index (χ4v) is 2.42. The number of carbonyl (C=O) groups is 2. The Morgan fingerprint density at radius 1 is 1.08 bits per heavy atom. The molecule has 0 aromatic heterocycles. The SMILES string of the molecule is NC1CCCCC1.NCC(=O)O.O=Cc1ccc2ccccc2c1. The van der Waals surface area contributed by atoms with E-state index in [0.717, 1.165) is 17.2 Å². The largest absolute Gasteiger partial charge is 0.480 e. The summed E-state index contributed by atoms with van der Waals surface area (Å²) in [6, 6.07) is 14.2. The van der Waals surface area contributed by atoms with E-state index < -0.39 is 5.97 Å². The average molecular weight is 330 g/mol. The highest BCUT2D eigenvalue weighted by Gasteiger charge is 2.06. The number of carboxylic acids is 1. The summed E-state index contributed by atoms with van der Waals surface area (Å²) in [6.07, 6.45) is 7.53. The van der Waals surface area contributed by atoms with Crippen LogP contribution in [0.15, 0.2) is 42.5 Å². The summed E-state index contributed by atoms with van der Waals surface area (Å²) in [5.41, 5.74) is 10.9. The second-order valence-electron chi connectivity index (χ2n) is 5.72. The number of rotatable bonds is 2. The second-order valence-corrected chi connectivity index (χ2v) is 5.72. The van der Waals surface area contributed by atoms with Gasteiger partial charge in [-0.25, -0.2) is 0 Å². The monoisotopic (exact) mass is 330 g/mol. The highest BCUT2D eigenvalue weighted by molar-refractivity contribution is 5.88. The minimum Gasteiger partial charge on any atom is -0.480 e. The van der Waals surface area contributed by atoms with Crippen LogP contribution in [0, 0.1) is 0 Å². The van der Waals surface area contributed by atoms with E-state index in [4.69, 9.17) is 10.8 Å². The third-order valence-corrected chi connectivity index (χ3v) is 3.73. The Labute approximate surface area is 142 Å². The lowest BCUT2D eigenvalue weighted by molar-refractivity contribution is -0.135. The second kappa shape index (κ2) is 11.3. The Morgan fingerprint density at radius 2 is 1.67 bits per heavy atom. The van der Waals surface area contributed by atoms with E-state index in [-0.39, 0.29) is 6.54 Å².